The van der Waals surface area contributed by atoms with E-state index in [1.165, 1.54) is 0 Å². The Balaban J connectivity index is 1.82. The third kappa shape index (κ3) is 1.67. The Morgan fingerprint density at radius 2 is 2.17 bits per heavy atom. The van der Waals surface area contributed by atoms with Gasteiger partial charge in [-0.2, -0.15) is 0 Å². The van der Waals surface area contributed by atoms with Gasteiger partial charge < -0.3 is 15.0 Å². The number of rotatable bonds is 1. The number of piperidine rings is 1. The van der Waals surface area contributed by atoms with E-state index in [4.69, 9.17) is 4.74 Å². The summed E-state index contributed by atoms with van der Waals surface area (Å²) in [4.78, 5) is 14.6. The van der Waals surface area contributed by atoms with Crippen LogP contribution in [0.5, 0.6) is 0 Å². The Kier molecular flexibility index (Phi) is 2.70. The van der Waals surface area contributed by atoms with Crippen molar-refractivity contribution in [1.82, 2.24) is 10.2 Å². The molecule has 4 nitrogen and oxygen atoms in total. The van der Waals surface area contributed by atoms with Crippen molar-refractivity contribution < 1.29 is 9.53 Å². The third-order valence-corrected chi connectivity index (χ3v) is 4.44. The lowest BCUT2D eigenvalue weighted by Crippen LogP contribution is -2.43. The highest BCUT2D eigenvalue weighted by Gasteiger charge is 2.48. The van der Waals surface area contributed by atoms with Crippen molar-refractivity contribution in [3.8, 4) is 0 Å². The smallest absolute Gasteiger partial charge is 0.233 e. The van der Waals surface area contributed by atoms with Gasteiger partial charge in [0.2, 0.25) is 5.91 Å². The molecular weight excluding hydrogens is 228 g/mol. The van der Waals surface area contributed by atoms with Crippen molar-refractivity contribution in [2.24, 2.45) is 5.41 Å². The fourth-order valence-electron chi connectivity index (χ4n) is 3.34. The van der Waals surface area contributed by atoms with E-state index in [1.54, 1.807) is 0 Å². The molecule has 3 aliphatic rings. The number of hydrogen-bond acceptors (Lipinski definition) is 3. The monoisotopic (exact) mass is 248 g/mol. The first-order chi connectivity index (χ1) is 8.62. The zero-order valence-electron chi connectivity index (χ0n) is 10.9. The normalized spacial score (nSPS) is 30.8. The van der Waals surface area contributed by atoms with E-state index in [9.17, 15) is 4.79 Å². The Morgan fingerprint density at radius 1 is 1.44 bits per heavy atom. The molecule has 1 amide bonds. The van der Waals surface area contributed by atoms with Gasteiger partial charge >= 0.3 is 0 Å². The highest BCUT2D eigenvalue weighted by atomic mass is 16.5. The minimum absolute atomic E-state index is 0.0432. The summed E-state index contributed by atoms with van der Waals surface area (Å²) in [7, 11) is 0. The summed E-state index contributed by atoms with van der Waals surface area (Å²) in [6, 6.07) is 0. The Hall–Kier alpha value is -1.29. The van der Waals surface area contributed by atoms with Crippen molar-refractivity contribution in [2.75, 3.05) is 19.6 Å². The van der Waals surface area contributed by atoms with Gasteiger partial charge in [-0.1, -0.05) is 6.58 Å². The van der Waals surface area contributed by atoms with Crippen LogP contribution in [0.2, 0.25) is 0 Å². The summed E-state index contributed by atoms with van der Waals surface area (Å²) in [6.07, 6.45) is 4.77. The third-order valence-electron chi connectivity index (χ3n) is 4.44. The second kappa shape index (κ2) is 4.12. The minimum Gasteiger partial charge on any atom is -0.485 e. The molecule has 0 aliphatic carbocycles. The first-order valence-corrected chi connectivity index (χ1v) is 6.72. The standard InChI is InChI=1S/C14H20N2O2/c1-10-9-12(11(2)18-10)16-8-5-14(13(16)17)3-6-15-7-4-14/h9,11,15H,1,3-8H2,2H3. The van der Waals surface area contributed by atoms with Crippen LogP contribution in [0.4, 0.5) is 0 Å². The minimum atomic E-state index is -0.115. The Labute approximate surface area is 108 Å². The fraction of sp³-hybridized carbons (Fsp3) is 0.643. The largest absolute Gasteiger partial charge is 0.485 e. The lowest BCUT2D eigenvalue weighted by atomic mass is 9.77. The number of amides is 1. The van der Waals surface area contributed by atoms with Crippen LogP contribution < -0.4 is 5.32 Å². The molecule has 0 aromatic rings. The molecule has 0 radical (unpaired) electrons. The fourth-order valence-corrected chi connectivity index (χ4v) is 3.34. The number of nitrogens with zero attached hydrogens (tertiary/aromatic N) is 1. The maximum absolute atomic E-state index is 12.7. The SMILES string of the molecule is C=C1C=C(N2CCC3(CCNCC3)C2=O)C(C)O1. The van der Waals surface area contributed by atoms with Crippen LogP contribution in [-0.4, -0.2) is 36.5 Å². The number of carbonyl (C=O) groups excluding carboxylic acids is 1. The molecule has 3 heterocycles. The van der Waals surface area contributed by atoms with Crippen LogP contribution in [0.3, 0.4) is 0 Å². The van der Waals surface area contributed by atoms with Gasteiger partial charge in [0.05, 0.1) is 11.1 Å². The van der Waals surface area contributed by atoms with E-state index in [0.717, 1.165) is 44.6 Å². The Bertz CT molecular complexity index is 422. The van der Waals surface area contributed by atoms with Gasteiger partial charge in [-0.05, 0) is 39.3 Å². The lowest BCUT2D eigenvalue weighted by molar-refractivity contribution is -0.136. The van der Waals surface area contributed by atoms with Crippen LogP contribution in [0.1, 0.15) is 26.2 Å². The number of ether oxygens (including phenoxy) is 1. The number of allylic oxidation sites excluding steroid dienone is 1. The van der Waals surface area contributed by atoms with Crippen molar-refractivity contribution in [3.63, 3.8) is 0 Å². The van der Waals surface area contributed by atoms with Gasteiger partial charge in [0.1, 0.15) is 11.9 Å². The molecule has 0 aromatic heterocycles. The Morgan fingerprint density at radius 3 is 2.78 bits per heavy atom. The first kappa shape index (κ1) is 11.8. The quantitative estimate of drug-likeness (QED) is 0.762. The zero-order chi connectivity index (χ0) is 12.8. The summed E-state index contributed by atoms with van der Waals surface area (Å²) in [5.41, 5.74) is 0.871. The number of nitrogens with one attached hydrogen (secondary N) is 1. The molecule has 0 saturated carbocycles. The maximum atomic E-state index is 12.7. The van der Waals surface area contributed by atoms with Gasteiger partial charge in [0.15, 0.2) is 0 Å². The predicted molar refractivity (Wildman–Crippen MR) is 68.6 cm³/mol. The van der Waals surface area contributed by atoms with E-state index in [0.29, 0.717) is 11.7 Å². The molecule has 3 rings (SSSR count). The second-order valence-corrected chi connectivity index (χ2v) is 5.53. The molecule has 2 saturated heterocycles. The number of hydrogen-bond donors (Lipinski definition) is 1. The van der Waals surface area contributed by atoms with Crippen molar-refractivity contribution in [1.29, 1.82) is 0 Å². The predicted octanol–water partition coefficient (Wildman–Crippen LogP) is 1.40. The van der Waals surface area contributed by atoms with Crippen LogP contribution in [0, 0.1) is 5.41 Å². The van der Waals surface area contributed by atoms with Crippen molar-refractivity contribution >= 4 is 5.91 Å². The van der Waals surface area contributed by atoms with Gasteiger partial charge in [0, 0.05) is 12.6 Å². The van der Waals surface area contributed by atoms with Crippen LogP contribution in [-0.2, 0) is 9.53 Å². The average molecular weight is 248 g/mol. The van der Waals surface area contributed by atoms with Crippen molar-refractivity contribution in [2.45, 2.75) is 32.3 Å². The summed E-state index contributed by atoms with van der Waals surface area (Å²) in [6.45, 7) is 8.52. The topological polar surface area (TPSA) is 41.6 Å². The van der Waals surface area contributed by atoms with E-state index in [1.807, 2.05) is 17.9 Å². The zero-order valence-corrected chi connectivity index (χ0v) is 10.9. The summed E-state index contributed by atoms with van der Waals surface area (Å²) >= 11 is 0. The first-order valence-electron chi connectivity index (χ1n) is 6.72. The molecule has 0 aromatic carbocycles. The van der Waals surface area contributed by atoms with E-state index in [2.05, 4.69) is 11.9 Å². The summed E-state index contributed by atoms with van der Waals surface area (Å²) in [5, 5.41) is 3.33. The average Bonchev–Trinajstić information content (AvgIpc) is 2.83. The van der Waals surface area contributed by atoms with Crippen LogP contribution in [0.25, 0.3) is 0 Å². The van der Waals surface area contributed by atoms with E-state index in [-0.39, 0.29) is 11.5 Å². The molecule has 0 bridgehead atoms. The maximum Gasteiger partial charge on any atom is 0.233 e. The molecule has 18 heavy (non-hydrogen) atoms. The molecule has 2 fully saturated rings. The van der Waals surface area contributed by atoms with Gasteiger partial charge in [-0.15, -0.1) is 0 Å². The van der Waals surface area contributed by atoms with Gasteiger partial charge in [-0.25, -0.2) is 0 Å². The lowest BCUT2D eigenvalue weighted by Gasteiger charge is -2.32. The number of likely N-dealkylation sites (tertiary alicyclic amines) is 1. The molecule has 98 valence electrons. The molecule has 3 aliphatic heterocycles. The van der Waals surface area contributed by atoms with Gasteiger partial charge in [-0.3, -0.25) is 4.79 Å². The van der Waals surface area contributed by atoms with E-state index < -0.39 is 0 Å². The molecule has 4 heteroatoms. The second-order valence-electron chi connectivity index (χ2n) is 5.53. The molecule has 1 atom stereocenters. The van der Waals surface area contributed by atoms with E-state index >= 15 is 0 Å². The molecular formula is C14H20N2O2. The van der Waals surface area contributed by atoms with Crippen molar-refractivity contribution in [3.05, 3.63) is 24.1 Å². The van der Waals surface area contributed by atoms with Crippen LogP contribution in [0.15, 0.2) is 24.1 Å². The van der Waals surface area contributed by atoms with Gasteiger partial charge in [0.25, 0.3) is 0 Å². The highest BCUT2D eigenvalue weighted by Crippen LogP contribution is 2.42. The van der Waals surface area contributed by atoms with Crippen LogP contribution >= 0.6 is 0 Å². The summed E-state index contributed by atoms with van der Waals surface area (Å²) < 4.78 is 5.52. The number of carbonyl (C=O) groups is 1. The highest BCUT2D eigenvalue weighted by molar-refractivity contribution is 5.87. The molecule has 1 unspecified atom stereocenters. The molecule has 1 N–H and O–H groups in total. The molecule has 1 spiro atoms. The summed E-state index contributed by atoms with van der Waals surface area (Å²) in [5.74, 6) is 0.956.